The summed E-state index contributed by atoms with van der Waals surface area (Å²) in [6.45, 7) is 0. The van der Waals surface area contributed by atoms with E-state index < -0.39 is 0 Å². The molecule has 0 heterocycles. The van der Waals surface area contributed by atoms with Gasteiger partial charge in [-0.2, -0.15) is 30.3 Å². The average molecular weight is 296 g/mol. The largest absolute Gasteiger partial charge is 0.184 e. The zero-order valence-electron chi connectivity index (χ0n) is 4.19. The van der Waals surface area contributed by atoms with Gasteiger partial charge in [0.15, 0.2) is 0 Å². The molecule has 0 aliphatic rings. The number of halogens is 1. The van der Waals surface area contributed by atoms with Gasteiger partial charge < -0.3 is 0 Å². The number of hydrogen-bond acceptors (Lipinski definition) is 0. The van der Waals surface area contributed by atoms with E-state index in [1.807, 2.05) is 24.3 Å². The SMILES string of the molecule is Brc1cc[c-]cc1.[Ce]. The molecule has 0 saturated carbocycles. The Kier molecular flexibility index (Phi) is 5.57. The fourth-order valence-electron chi connectivity index (χ4n) is 0.367. The summed E-state index contributed by atoms with van der Waals surface area (Å²) in [6.07, 6.45) is 0. The van der Waals surface area contributed by atoms with Crippen LogP contribution in [0.1, 0.15) is 0 Å². The molecule has 8 heavy (non-hydrogen) atoms. The smallest absolute Gasteiger partial charge is 0 e. The molecule has 0 nitrogen and oxygen atoms in total. The fraction of sp³-hybridized carbons (Fsp3) is 0. The van der Waals surface area contributed by atoms with Gasteiger partial charge in [-0.3, -0.25) is 0 Å². The number of hydrogen-bond donors (Lipinski definition) is 0. The molecular formula is C6H4BrCe-. The zero-order chi connectivity index (χ0) is 5.11. The molecule has 2 heteroatoms. The predicted octanol–water partition coefficient (Wildman–Crippen LogP) is 2.25. The first-order chi connectivity index (χ1) is 3.39. The zero-order valence-corrected chi connectivity index (χ0v) is 8.91. The van der Waals surface area contributed by atoms with E-state index in [4.69, 9.17) is 0 Å². The maximum absolute atomic E-state index is 3.29. The van der Waals surface area contributed by atoms with Gasteiger partial charge in [-0.15, -0.1) is 0 Å². The summed E-state index contributed by atoms with van der Waals surface area (Å²) in [5.41, 5.74) is 0. The van der Waals surface area contributed by atoms with E-state index in [2.05, 4.69) is 22.0 Å². The molecule has 40 valence electrons. The summed E-state index contributed by atoms with van der Waals surface area (Å²) < 4.78 is 1.10. The van der Waals surface area contributed by atoms with Crippen LogP contribution in [0, 0.1) is 47.8 Å². The van der Waals surface area contributed by atoms with Crippen LogP contribution >= 0.6 is 15.9 Å². The summed E-state index contributed by atoms with van der Waals surface area (Å²) >= 11 is 3.29. The van der Waals surface area contributed by atoms with Crippen LogP contribution in [0.15, 0.2) is 28.7 Å². The average Bonchev–Trinajstić information content (AvgIpc) is 1.69. The second-order valence-electron chi connectivity index (χ2n) is 1.22. The predicted molar refractivity (Wildman–Crippen MR) is 33.0 cm³/mol. The van der Waals surface area contributed by atoms with Gasteiger partial charge in [0, 0.05) is 41.7 Å². The summed E-state index contributed by atoms with van der Waals surface area (Å²) in [7, 11) is 0. The van der Waals surface area contributed by atoms with Crippen molar-refractivity contribution in [2.45, 2.75) is 0 Å². The molecule has 0 amide bonds. The first-order valence-electron chi connectivity index (χ1n) is 2.01. The molecule has 0 fully saturated rings. The van der Waals surface area contributed by atoms with Crippen molar-refractivity contribution in [1.82, 2.24) is 0 Å². The molecule has 0 aromatic heterocycles. The van der Waals surface area contributed by atoms with Crippen LogP contribution in [0.3, 0.4) is 0 Å². The maximum atomic E-state index is 3.29. The van der Waals surface area contributed by atoms with Crippen molar-refractivity contribution >= 4 is 15.9 Å². The minimum Gasteiger partial charge on any atom is -0.184 e. The first-order valence-corrected chi connectivity index (χ1v) is 2.80. The number of rotatable bonds is 0. The van der Waals surface area contributed by atoms with Crippen LogP contribution in [-0.2, 0) is 0 Å². The quantitative estimate of drug-likeness (QED) is 0.644. The Hall–Kier alpha value is 1.08. The Labute approximate surface area is 91.2 Å². The molecule has 1 aromatic carbocycles. The van der Waals surface area contributed by atoms with E-state index in [0.29, 0.717) is 0 Å². The minimum atomic E-state index is 0. The molecule has 0 aliphatic heterocycles. The van der Waals surface area contributed by atoms with Crippen molar-refractivity contribution < 1.29 is 41.7 Å². The molecule has 1 rings (SSSR count). The third-order valence-corrected chi connectivity index (χ3v) is 1.21. The monoisotopic (exact) mass is 295 g/mol. The molecule has 0 aliphatic carbocycles. The van der Waals surface area contributed by atoms with Gasteiger partial charge in [0.2, 0.25) is 0 Å². The van der Waals surface area contributed by atoms with Crippen molar-refractivity contribution in [3.8, 4) is 0 Å². The minimum absolute atomic E-state index is 0. The van der Waals surface area contributed by atoms with Gasteiger partial charge in [-0.25, -0.2) is 0 Å². The Balaban J connectivity index is 0.000000490. The van der Waals surface area contributed by atoms with Crippen LogP contribution in [0.25, 0.3) is 0 Å². The van der Waals surface area contributed by atoms with Crippen molar-refractivity contribution in [3.05, 3.63) is 34.8 Å². The normalized spacial score (nSPS) is 7.62. The molecule has 0 atom stereocenters. The molecule has 0 bridgehead atoms. The van der Waals surface area contributed by atoms with Crippen molar-refractivity contribution in [1.29, 1.82) is 0 Å². The summed E-state index contributed by atoms with van der Waals surface area (Å²) in [5.74, 6) is 0. The molecule has 0 saturated heterocycles. The van der Waals surface area contributed by atoms with Crippen LogP contribution in [0.2, 0.25) is 0 Å². The van der Waals surface area contributed by atoms with Gasteiger partial charge in [-0.1, -0.05) is 20.4 Å². The molecule has 0 unspecified atom stereocenters. The molecule has 0 N–H and O–H groups in total. The molecule has 0 spiro atoms. The maximum Gasteiger partial charge on any atom is 0 e. The third kappa shape index (κ3) is 3.17. The van der Waals surface area contributed by atoms with Crippen LogP contribution < -0.4 is 0 Å². The van der Waals surface area contributed by atoms with Crippen molar-refractivity contribution in [2.75, 3.05) is 0 Å². The van der Waals surface area contributed by atoms with Crippen LogP contribution in [0.4, 0.5) is 0 Å². The van der Waals surface area contributed by atoms with Gasteiger partial charge in [0.05, 0.1) is 0 Å². The summed E-state index contributed by atoms with van der Waals surface area (Å²) in [5, 5.41) is 0. The molecule has 0 radical (unpaired) electrons. The molecule has 1 aromatic rings. The summed E-state index contributed by atoms with van der Waals surface area (Å²) in [6, 6.07) is 10.5. The number of benzene rings is 1. The second kappa shape index (κ2) is 4.91. The van der Waals surface area contributed by atoms with Crippen LogP contribution in [-0.4, -0.2) is 0 Å². The Morgan fingerprint density at radius 3 is 2.00 bits per heavy atom. The molecular weight excluding hydrogens is 292 g/mol. The Morgan fingerprint density at radius 1 is 1.25 bits per heavy atom. The first kappa shape index (κ1) is 9.08. The standard InChI is InChI=1S/C6H4Br.Ce/c7-6-4-2-1-3-5-6;/h2-5H;/q-1;. The summed E-state index contributed by atoms with van der Waals surface area (Å²) in [4.78, 5) is 0. The van der Waals surface area contributed by atoms with E-state index in [1.54, 1.807) is 0 Å². The van der Waals surface area contributed by atoms with Gasteiger partial charge in [0.25, 0.3) is 0 Å². The van der Waals surface area contributed by atoms with E-state index in [-0.39, 0.29) is 41.7 Å². The van der Waals surface area contributed by atoms with Gasteiger partial charge in [-0.05, 0) is 0 Å². The van der Waals surface area contributed by atoms with Gasteiger partial charge >= 0.3 is 0 Å². The van der Waals surface area contributed by atoms with Crippen molar-refractivity contribution in [3.63, 3.8) is 0 Å². The Bertz CT molecular complexity index is 138. The van der Waals surface area contributed by atoms with E-state index in [9.17, 15) is 0 Å². The fourth-order valence-corrected chi connectivity index (χ4v) is 0.631. The third-order valence-electron chi connectivity index (χ3n) is 0.678. The Morgan fingerprint density at radius 2 is 1.75 bits per heavy atom. The topological polar surface area (TPSA) is 0 Å². The van der Waals surface area contributed by atoms with E-state index in [0.717, 1.165) is 4.47 Å². The van der Waals surface area contributed by atoms with Gasteiger partial charge in [0.1, 0.15) is 0 Å². The van der Waals surface area contributed by atoms with Crippen molar-refractivity contribution in [2.24, 2.45) is 0 Å². The second-order valence-corrected chi connectivity index (χ2v) is 2.13. The van der Waals surface area contributed by atoms with E-state index in [1.165, 1.54) is 0 Å². The van der Waals surface area contributed by atoms with Crippen LogP contribution in [0.5, 0.6) is 0 Å². The van der Waals surface area contributed by atoms with E-state index >= 15 is 0 Å².